The summed E-state index contributed by atoms with van der Waals surface area (Å²) in [7, 11) is 0. The summed E-state index contributed by atoms with van der Waals surface area (Å²) in [5.74, 6) is 1.78. The lowest BCUT2D eigenvalue weighted by atomic mass is 10.0. The topological polar surface area (TPSA) is 30.5 Å². The van der Waals surface area contributed by atoms with Crippen molar-refractivity contribution in [3.8, 4) is 11.5 Å². The Morgan fingerprint density at radius 2 is 2.24 bits per heavy atom. The molecule has 1 aromatic carbocycles. The molecule has 3 rings (SSSR count). The van der Waals surface area contributed by atoms with Gasteiger partial charge in [-0.25, -0.2) is 0 Å². The largest absolute Gasteiger partial charge is 0.454 e. The zero-order valence-electron chi connectivity index (χ0n) is 9.82. The minimum Gasteiger partial charge on any atom is -0.454 e. The molecule has 1 N–H and O–H groups in total. The Balaban J connectivity index is 1.65. The molecule has 1 unspecified atom stereocenters. The van der Waals surface area contributed by atoms with Crippen molar-refractivity contribution >= 4 is 0 Å². The molecule has 0 saturated carbocycles. The third-order valence-corrected chi connectivity index (χ3v) is 3.33. The summed E-state index contributed by atoms with van der Waals surface area (Å²) in [4.78, 5) is 0. The van der Waals surface area contributed by atoms with Gasteiger partial charge >= 0.3 is 0 Å². The Hall–Kier alpha value is -1.48. The molecule has 0 bridgehead atoms. The second-order valence-corrected chi connectivity index (χ2v) is 4.51. The molecule has 3 nitrogen and oxygen atoms in total. The van der Waals surface area contributed by atoms with Gasteiger partial charge in [0.15, 0.2) is 11.5 Å². The van der Waals surface area contributed by atoms with Crippen LogP contribution in [0.1, 0.15) is 24.8 Å². The maximum Gasteiger partial charge on any atom is 0.231 e. The molecule has 1 atom stereocenters. The molecule has 1 aliphatic heterocycles. The number of allylic oxidation sites excluding steroid dienone is 1. The monoisotopic (exact) mass is 231 g/mol. The Labute approximate surface area is 101 Å². The van der Waals surface area contributed by atoms with Gasteiger partial charge in [0, 0.05) is 18.2 Å². The quantitative estimate of drug-likeness (QED) is 0.811. The number of benzene rings is 1. The van der Waals surface area contributed by atoms with Crippen molar-refractivity contribution in [3.05, 3.63) is 35.9 Å². The molecule has 3 heteroatoms. The van der Waals surface area contributed by atoms with E-state index in [0.29, 0.717) is 12.8 Å². The summed E-state index contributed by atoms with van der Waals surface area (Å²) >= 11 is 0. The summed E-state index contributed by atoms with van der Waals surface area (Å²) in [6.07, 6.45) is 8.06. The van der Waals surface area contributed by atoms with Gasteiger partial charge in [0.1, 0.15) is 0 Å². The van der Waals surface area contributed by atoms with E-state index in [1.54, 1.807) is 0 Å². The second-order valence-electron chi connectivity index (χ2n) is 4.51. The summed E-state index contributed by atoms with van der Waals surface area (Å²) < 4.78 is 10.9. The van der Waals surface area contributed by atoms with Gasteiger partial charge in [0.25, 0.3) is 0 Å². The van der Waals surface area contributed by atoms with Crippen LogP contribution in [-0.4, -0.2) is 12.8 Å². The predicted octanol–water partition coefficient (Wildman–Crippen LogP) is 2.61. The highest BCUT2D eigenvalue weighted by molar-refractivity contribution is 5.48. The number of hydrogen-bond donors (Lipinski definition) is 1. The lowest BCUT2D eigenvalue weighted by molar-refractivity contribution is 0.173. The fraction of sp³-hybridized carbons (Fsp3) is 0.429. The van der Waals surface area contributed by atoms with Crippen LogP contribution in [0.3, 0.4) is 0 Å². The number of hydrogen-bond acceptors (Lipinski definition) is 3. The minimum absolute atomic E-state index is 0.346. The molecule has 17 heavy (non-hydrogen) atoms. The summed E-state index contributed by atoms with van der Waals surface area (Å²) in [5, 5.41) is 3.58. The maximum absolute atomic E-state index is 5.49. The molecule has 90 valence electrons. The van der Waals surface area contributed by atoms with Gasteiger partial charge < -0.3 is 14.8 Å². The second kappa shape index (κ2) is 4.80. The molecule has 1 aliphatic carbocycles. The standard InChI is InChI=1S/C14H17NO2/c1-2-6-12(7-3-1)15-9-11-5-4-8-13-14(11)17-10-16-13/h1-2,4-5,8,12,15H,3,6-7,9-10H2. The minimum atomic E-state index is 0.346. The first kappa shape index (κ1) is 10.7. The van der Waals surface area contributed by atoms with E-state index in [0.717, 1.165) is 24.5 Å². The number of nitrogens with one attached hydrogen (secondary N) is 1. The fourth-order valence-electron chi connectivity index (χ4n) is 2.36. The molecule has 0 fully saturated rings. The first-order valence-corrected chi connectivity index (χ1v) is 6.19. The van der Waals surface area contributed by atoms with Gasteiger partial charge in [-0.1, -0.05) is 24.3 Å². The molecule has 0 radical (unpaired) electrons. The van der Waals surface area contributed by atoms with Gasteiger partial charge in [-0.05, 0) is 25.3 Å². The van der Waals surface area contributed by atoms with Crippen molar-refractivity contribution in [1.29, 1.82) is 0 Å². The maximum atomic E-state index is 5.49. The smallest absolute Gasteiger partial charge is 0.231 e. The third-order valence-electron chi connectivity index (χ3n) is 3.33. The number of fused-ring (bicyclic) bond motifs is 1. The van der Waals surface area contributed by atoms with Crippen molar-refractivity contribution in [2.45, 2.75) is 31.8 Å². The van der Waals surface area contributed by atoms with Crippen molar-refractivity contribution in [2.75, 3.05) is 6.79 Å². The Morgan fingerprint density at radius 3 is 3.12 bits per heavy atom. The van der Waals surface area contributed by atoms with Crippen molar-refractivity contribution in [2.24, 2.45) is 0 Å². The van der Waals surface area contributed by atoms with Crippen LogP contribution < -0.4 is 14.8 Å². The highest BCUT2D eigenvalue weighted by atomic mass is 16.7. The third kappa shape index (κ3) is 2.29. The summed E-state index contributed by atoms with van der Waals surface area (Å²) in [6, 6.07) is 6.66. The van der Waals surface area contributed by atoms with Crippen LogP contribution in [0, 0.1) is 0 Å². The fourth-order valence-corrected chi connectivity index (χ4v) is 2.36. The molecule has 0 aromatic heterocycles. The van der Waals surface area contributed by atoms with Gasteiger partial charge in [-0.15, -0.1) is 0 Å². The summed E-state index contributed by atoms with van der Waals surface area (Å²) in [5.41, 5.74) is 1.19. The van der Waals surface area contributed by atoms with Gasteiger partial charge in [-0.3, -0.25) is 0 Å². The van der Waals surface area contributed by atoms with Crippen LogP contribution in [0.4, 0.5) is 0 Å². The van der Waals surface area contributed by atoms with Crippen molar-refractivity contribution in [1.82, 2.24) is 5.32 Å². The number of para-hydroxylation sites is 1. The van der Waals surface area contributed by atoms with E-state index in [4.69, 9.17) is 9.47 Å². The molecule has 1 aromatic rings. The van der Waals surface area contributed by atoms with Crippen LogP contribution >= 0.6 is 0 Å². The SMILES string of the molecule is C1=CCC(NCc2cccc3c2OCO3)CC1. The van der Waals surface area contributed by atoms with Gasteiger partial charge in [-0.2, -0.15) is 0 Å². The van der Waals surface area contributed by atoms with E-state index in [-0.39, 0.29) is 0 Å². The van der Waals surface area contributed by atoms with E-state index >= 15 is 0 Å². The van der Waals surface area contributed by atoms with Crippen LogP contribution in [0.25, 0.3) is 0 Å². The highest BCUT2D eigenvalue weighted by Crippen LogP contribution is 2.35. The predicted molar refractivity (Wildman–Crippen MR) is 66.2 cm³/mol. The molecule has 2 aliphatic rings. The first-order valence-electron chi connectivity index (χ1n) is 6.19. The van der Waals surface area contributed by atoms with Gasteiger partial charge in [0.05, 0.1) is 0 Å². The van der Waals surface area contributed by atoms with Crippen LogP contribution in [0.15, 0.2) is 30.4 Å². The molecule has 1 heterocycles. The van der Waals surface area contributed by atoms with Crippen molar-refractivity contribution in [3.63, 3.8) is 0 Å². The highest BCUT2D eigenvalue weighted by Gasteiger charge is 2.17. The van der Waals surface area contributed by atoms with E-state index in [9.17, 15) is 0 Å². The average Bonchev–Trinajstić information content (AvgIpc) is 2.86. The molecule has 0 amide bonds. The average molecular weight is 231 g/mol. The van der Waals surface area contributed by atoms with E-state index in [1.165, 1.54) is 18.4 Å². The molecular weight excluding hydrogens is 214 g/mol. The van der Waals surface area contributed by atoms with Gasteiger partial charge in [0.2, 0.25) is 6.79 Å². The lowest BCUT2D eigenvalue weighted by Gasteiger charge is -2.19. The first-order chi connectivity index (χ1) is 8.43. The van der Waals surface area contributed by atoms with Crippen LogP contribution in [0.5, 0.6) is 11.5 Å². The molecule has 0 spiro atoms. The van der Waals surface area contributed by atoms with Crippen LogP contribution in [0.2, 0.25) is 0 Å². The number of rotatable bonds is 3. The van der Waals surface area contributed by atoms with Crippen molar-refractivity contribution < 1.29 is 9.47 Å². The Kier molecular flexibility index (Phi) is 3.01. The Morgan fingerprint density at radius 1 is 1.24 bits per heavy atom. The van der Waals surface area contributed by atoms with E-state index in [2.05, 4.69) is 23.5 Å². The summed E-state index contributed by atoms with van der Waals surface area (Å²) in [6.45, 7) is 1.20. The normalized spacial score (nSPS) is 21.8. The molecule has 0 saturated heterocycles. The van der Waals surface area contributed by atoms with Crippen LogP contribution in [-0.2, 0) is 6.54 Å². The Bertz CT molecular complexity index is 428. The number of ether oxygens (including phenoxy) is 2. The lowest BCUT2D eigenvalue weighted by Crippen LogP contribution is -2.29. The zero-order valence-corrected chi connectivity index (χ0v) is 9.82. The van der Waals surface area contributed by atoms with E-state index in [1.807, 2.05) is 12.1 Å². The molecular formula is C14H17NO2. The zero-order chi connectivity index (χ0) is 11.5. The van der Waals surface area contributed by atoms with E-state index < -0.39 is 0 Å².